The summed E-state index contributed by atoms with van der Waals surface area (Å²) in [6.07, 6.45) is 1.97. The number of hydrogen-bond donors (Lipinski definition) is 3. The molecule has 1 aromatic carbocycles. The number of H-pyrrole nitrogens is 1. The van der Waals surface area contributed by atoms with Gasteiger partial charge >= 0.3 is 0 Å². The molecular weight excluding hydrogens is 320 g/mol. The van der Waals surface area contributed by atoms with E-state index in [0.29, 0.717) is 12.2 Å². The highest BCUT2D eigenvalue weighted by atomic mass is 16.3. The van der Waals surface area contributed by atoms with E-state index in [-0.39, 0.29) is 24.5 Å². The van der Waals surface area contributed by atoms with Gasteiger partial charge in [-0.2, -0.15) is 5.10 Å². The lowest BCUT2D eigenvalue weighted by Crippen LogP contribution is -2.44. The van der Waals surface area contributed by atoms with Crippen molar-refractivity contribution in [3.63, 3.8) is 0 Å². The highest BCUT2D eigenvalue weighted by Crippen LogP contribution is 2.35. The van der Waals surface area contributed by atoms with Crippen molar-refractivity contribution in [3.8, 4) is 0 Å². The molecule has 0 unspecified atom stereocenters. The standard InChI is InChI=1S/C17H20N6O2/c1-23-15(9-24)21-22-17(23)10-6-11(7-10)18-16(25)8-14-12-4-2-3-5-13(12)19-20-14/h2-5,10-11,24H,6-9H2,1H3,(H,18,25)(H,19,20). The molecular formula is C17H20N6O2. The monoisotopic (exact) mass is 340 g/mol. The number of aromatic nitrogens is 5. The fraction of sp³-hybridized carbons (Fsp3) is 0.412. The first-order chi connectivity index (χ1) is 12.2. The quantitative estimate of drug-likeness (QED) is 0.636. The van der Waals surface area contributed by atoms with Gasteiger partial charge in [0.25, 0.3) is 0 Å². The van der Waals surface area contributed by atoms with E-state index >= 15 is 0 Å². The maximum atomic E-state index is 12.3. The smallest absolute Gasteiger partial charge is 0.226 e. The number of carbonyl (C=O) groups is 1. The van der Waals surface area contributed by atoms with Gasteiger partial charge < -0.3 is 15.0 Å². The maximum absolute atomic E-state index is 12.3. The summed E-state index contributed by atoms with van der Waals surface area (Å²) in [6, 6.07) is 7.91. The number of fused-ring (bicyclic) bond motifs is 1. The van der Waals surface area contributed by atoms with Crippen molar-refractivity contribution < 1.29 is 9.90 Å². The first-order valence-electron chi connectivity index (χ1n) is 8.36. The topological polar surface area (TPSA) is 109 Å². The minimum absolute atomic E-state index is 0.00753. The molecule has 0 spiro atoms. The van der Waals surface area contributed by atoms with Crippen molar-refractivity contribution in [2.45, 2.75) is 37.8 Å². The van der Waals surface area contributed by atoms with Gasteiger partial charge in [-0.3, -0.25) is 9.89 Å². The number of amides is 1. The van der Waals surface area contributed by atoms with Gasteiger partial charge in [-0.15, -0.1) is 10.2 Å². The Hall–Kier alpha value is -2.74. The van der Waals surface area contributed by atoms with Crippen LogP contribution in [0.3, 0.4) is 0 Å². The van der Waals surface area contributed by atoms with Crippen LogP contribution in [0.1, 0.15) is 36.1 Å². The minimum atomic E-state index is -0.117. The lowest BCUT2D eigenvalue weighted by molar-refractivity contribution is -0.121. The number of carbonyl (C=O) groups excluding carboxylic acids is 1. The minimum Gasteiger partial charge on any atom is -0.388 e. The maximum Gasteiger partial charge on any atom is 0.226 e. The average molecular weight is 340 g/mol. The Morgan fingerprint density at radius 3 is 2.92 bits per heavy atom. The zero-order chi connectivity index (χ0) is 17.4. The largest absolute Gasteiger partial charge is 0.388 e. The Labute approximate surface area is 144 Å². The molecule has 2 aromatic heterocycles. The molecule has 3 aromatic rings. The molecule has 0 aliphatic heterocycles. The molecule has 0 radical (unpaired) electrons. The first kappa shape index (κ1) is 15.8. The van der Waals surface area contributed by atoms with Crippen molar-refractivity contribution in [2.24, 2.45) is 7.05 Å². The molecule has 3 N–H and O–H groups in total. The third-order valence-corrected chi connectivity index (χ3v) is 4.89. The summed E-state index contributed by atoms with van der Waals surface area (Å²) >= 11 is 0. The highest BCUT2D eigenvalue weighted by Gasteiger charge is 2.34. The van der Waals surface area contributed by atoms with E-state index in [1.165, 1.54) is 0 Å². The summed E-state index contributed by atoms with van der Waals surface area (Å²) in [7, 11) is 1.86. The SMILES string of the molecule is Cn1c(CO)nnc1C1CC(NC(=O)Cc2[nH]nc3ccccc23)C1. The second-order valence-electron chi connectivity index (χ2n) is 6.52. The van der Waals surface area contributed by atoms with Crippen LogP contribution in [0.5, 0.6) is 0 Å². The fourth-order valence-electron chi connectivity index (χ4n) is 3.40. The van der Waals surface area contributed by atoms with Crippen LogP contribution in [0, 0.1) is 0 Å². The van der Waals surface area contributed by atoms with E-state index in [0.717, 1.165) is 35.3 Å². The predicted molar refractivity (Wildman–Crippen MR) is 90.6 cm³/mol. The van der Waals surface area contributed by atoms with Crippen LogP contribution < -0.4 is 5.32 Å². The summed E-state index contributed by atoms with van der Waals surface area (Å²) in [5.41, 5.74) is 1.71. The molecule has 4 rings (SSSR count). The molecule has 1 saturated carbocycles. The molecule has 1 amide bonds. The summed E-state index contributed by atoms with van der Waals surface area (Å²) in [6.45, 7) is -0.117. The second kappa shape index (κ2) is 6.29. The molecule has 0 atom stereocenters. The van der Waals surface area contributed by atoms with Crippen LogP contribution in [0.4, 0.5) is 0 Å². The van der Waals surface area contributed by atoms with E-state index in [1.807, 2.05) is 35.9 Å². The van der Waals surface area contributed by atoms with Gasteiger partial charge in [0.2, 0.25) is 5.91 Å². The van der Waals surface area contributed by atoms with E-state index in [9.17, 15) is 9.90 Å². The molecule has 2 heterocycles. The van der Waals surface area contributed by atoms with Crippen molar-refractivity contribution in [2.75, 3.05) is 0 Å². The van der Waals surface area contributed by atoms with Crippen LogP contribution in [0.15, 0.2) is 24.3 Å². The molecule has 1 fully saturated rings. The van der Waals surface area contributed by atoms with Crippen LogP contribution in [-0.2, 0) is 24.9 Å². The zero-order valence-corrected chi connectivity index (χ0v) is 13.9. The molecule has 1 aliphatic rings. The summed E-state index contributed by atoms with van der Waals surface area (Å²) in [5, 5.41) is 28.5. The van der Waals surface area contributed by atoms with Crippen molar-refractivity contribution in [1.82, 2.24) is 30.3 Å². The highest BCUT2D eigenvalue weighted by molar-refractivity contribution is 5.87. The first-order valence-corrected chi connectivity index (χ1v) is 8.36. The molecule has 8 heteroatoms. The van der Waals surface area contributed by atoms with Crippen molar-refractivity contribution in [3.05, 3.63) is 41.6 Å². The van der Waals surface area contributed by atoms with Gasteiger partial charge in [0.15, 0.2) is 5.82 Å². The molecule has 1 aliphatic carbocycles. The van der Waals surface area contributed by atoms with Gasteiger partial charge in [-0.25, -0.2) is 0 Å². The van der Waals surface area contributed by atoms with Crippen LogP contribution in [0.25, 0.3) is 10.9 Å². The number of aromatic amines is 1. The molecule has 0 saturated heterocycles. The van der Waals surface area contributed by atoms with Gasteiger partial charge in [-0.1, -0.05) is 18.2 Å². The number of para-hydroxylation sites is 1. The average Bonchev–Trinajstić information content (AvgIpc) is 3.15. The van der Waals surface area contributed by atoms with Crippen molar-refractivity contribution >= 4 is 16.8 Å². The van der Waals surface area contributed by atoms with Crippen LogP contribution in [-0.4, -0.2) is 42.0 Å². The molecule has 25 heavy (non-hydrogen) atoms. The second-order valence-corrected chi connectivity index (χ2v) is 6.52. The van der Waals surface area contributed by atoms with Gasteiger partial charge in [0.05, 0.1) is 17.6 Å². The Kier molecular flexibility index (Phi) is 3.96. The third kappa shape index (κ3) is 2.89. The Balaban J connectivity index is 1.33. The zero-order valence-electron chi connectivity index (χ0n) is 13.9. The van der Waals surface area contributed by atoms with Crippen LogP contribution >= 0.6 is 0 Å². The lowest BCUT2D eigenvalue weighted by atomic mass is 9.79. The number of nitrogens with one attached hydrogen (secondary N) is 2. The van der Waals surface area contributed by atoms with Crippen molar-refractivity contribution in [1.29, 1.82) is 0 Å². The lowest BCUT2D eigenvalue weighted by Gasteiger charge is -2.35. The number of hydrogen-bond acceptors (Lipinski definition) is 5. The summed E-state index contributed by atoms with van der Waals surface area (Å²) in [4.78, 5) is 12.3. The van der Waals surface area contributed by atoms with Gasteiger partial charge in [-0.05, 0) is 18.9 Å². The normalized spacial score (nSPS) is 19.8. The number of benzene rings is 1. The molecule has 130 valence electrons. The van der Waals surface area contributed by atoms with Gasteiger partial charge in [0.1, 0.15) is 12.4 Å². The fourth-order valence-corrected chi connectivity index (χ4v) is 3.40. The number of nitrogens with zero attached hydrogens (tertiary/aromatic N) is 4. The number of rotatable bonds is 5. The molecule has 0 bridgehead atoms. The summed E-state index contributed by atoms with van der Waals surface area (Å²) < 4.78 is 1.83. The Morgan fingerprint density at radius 1 is 1.36 bits per heavy atom. The van der Waals surface area contributed by atoms with Crippen LogP contribution in [0.2, 0.25) is 0 Å². The third-order valence-electron chi connectivity index (χ3n) is 4.89. The Morgan fingerprint density at radius 2 is 2.16 bits per heavy atom. The van der Waals surface area contributed by atoms with Gasteiger partial charge in [0, 0.05) is 24.4 Å². The predicted octanol–water partition coefficient (Wildman–Crippen LogP) is 0.789. The van der Waals surface area contributed by atoms with E-state index in [2.05, 4.69) is 25.7 Å². The van der Waals surface area contributed by atoms with E-state index in [4.69, 9.17) is 0 Å². The van der Waals surface area contributed by atoms with E-state index < -0.39 is 0 Å². The summed E-state index contributed by atoms with van der Waals surface area (Å²) in [5.74, 6) is 1.70. The molecule has 8 nitrogen and oxygen atoms in total. The van der Waals surface area contributed by atoms with E-state index in [1.54, 1.807) is 0 Å². The number of aliphatic hydroxyl groups is 1. The number of aliphatic hydroxyl groups excluding tert-OH is 1. The Bertz CT molecular complexity index is 909.